The molecule has 154 valence electrons. The summed E-state index contributed by atoms with van der Waals surface area (Å²) in [6.45, 7) is 5.80. The van der Waals surface area contributed by atoms with Gasteiger partial charge in [-0.25, -0.2) is 4.79 Å². The lowest BCUT2D eigenvalue weighted by molar-refractivity contribution is -0.115. The number of carbonyl (C=O) groups excluding carboxylic acids is 2. The first kappa shape index (κ1) is 20.7. The lowest BCUT2D eigenvalue weighted by Crippen LogP contribution is -2.36. The van der Waals surface area contributed by atoms with Crippen LogP contribution in [0.25, 0.3) is 0 Å². The number of benzene rings is 2. The van der Waals surface area contributed by atoms with Crippen molar-refractivity contribution in [1.82, 2.24) is 0 Å². The third kappa shape index (κ3) is 5.96. The van der Waals surface area contributed by atoms with E-state index in [-0.39, 0.29) is 11.9 Å². The lowest BCUT2D eigenvalue weighted by Gasteiger charge is -2.30. The fourth-order valence-corrected chi connectivity index (χ4v) is 3.14. The first-order chi connectivity index (χ1) is 14.2. The monoisotopic (exact) mass is 397 g/mol. The number of anilines is 3. The minimum absolute atomic E-state index is 0.0924. The van der Waals surface area contributed by atoms with Gasteiger partial charge in [-0.3, -0.25) is 4.79 Å². The quantitative estimate of drug-likeness (QED) is 0.666. The van der Waals surface area contributed by atoms with Gasteiger partial charge in [-0.2, -0.15) is 0 Å². The van der Waals surface area contributed by atoms with Crippen molar-refractivity contribution in [2.24, 2.45) is 0 Å². The molecule has 0 unspecified atom stereocenters. The van der Waals surface area contributed by atoms with E-state index >= 15 is 0 Å². The average molecular weight is 397 g/mol. The Labute approximate surface area is 171 Å². The number of morpholine rings is 1. The second-order valence-electron chi connectivity index (χ2n) is 6.64. The van der Waals surface area contributed by atoms with Crippen molar-refractivity contribution in [2.75, 3.05) is 55.0 Å². The number of nitrogens with one attached hydrogen (secondary N) is 2. The minimum Gasteiger partial charge on any atom is -0.462 e. The maximum Gasteiger partial charge on any atom is 0.338 e. The van der Waals surface area contributed by atoms with Crippen molar-refractivity contribution in [3.05, 3.63) is 54.1 Å². The molecule has 1 heterocycles. The van der Waals surface area contributed by atoms with Gasteiger partial charge in [0.05, 0.1) is 36.8 Å². The number of para-hydroxylation sites is 2. The minimum atomic E-state index is -0.367. The molecule has 1 aliphatic heterocycles. The molecule has 0 saturated carbocycles. The van der Waals surface area contributed by atoms with Crippen LogP contribution < -0.4 is 15.5 Å². The van der Waals surface area contributed by atoms with E-state index in [1.165, 1.54) is 0 Å². The van der Waals surface area contributed by atoms with E-state index in [1.807, 2.05) is 18.2 Å². The second-order valence-corrected chi connectivity index (χ2v) is 6.64. The molecular formula is C22H27N3O4. The maximum absolute atomic E-state index is 12.2. The van der Waals surface area contributed by atoms with Gasteiger partial charge in [-0.05, 0) is 43.3 Å². The molecule has 7 nitrogen and oxygen atoms in total. The molecule has 3 rings (SSSR count). The molecule has 2 N–H and O–H groups in total. The lowest BCUT2D eigenvalue weighted by atomic mass is 10.2. The van der Waals surface area contributed by atoms with Gasteiger partial charge in [0.1, 0.15) is 0 Å². The van der Waals surface area contributed by atoms with Crippen LogP contribution in [-0.4, -0.2) is 51.3 Å². The molecule has 1 amide bonds. The number of carbonyl (C=O) groups is 2. The molecule has 0 atom stereocenters. The zero-order valence-corrected chi connectivity index (χ0v) is 16.6. The molecule has 29 heavy (non-hydrogen) atoms. The van der Waals surface area contributed by atoms with Crippen molar-refractivity contribution < 1.29 is 19.1 Å². The smallest absolute Gasteiger partial charge is 0.338 e. The highest BCUT2D eigenvalue weighted by atomic mass is 16.5. The van der Waals surface area contributed by atoms with Crippen LogP contribution in [0.1, 0.15) is 23.7 Å². The summed E-state index contributed by atoms with van der Waals surface area (Å²) < 4.78 is 10.4. The van der Waals surface area contributed by atoms with Gasteiger partial charge in [0.25, 0.3) is 0 Å². The maximum atomic E-state index is 12.2. The number of hydrogen-bond acceptors (Lipinski definition) is 6. The molecular weight excluding hydrogens is 370 g/mol. The SMILES string of the molecule is CCOC(=O)c1ccc(NC(=O)CCNc2ccccc2N2CCOCC2)cc1. The molecule has 1 aliphatic rings. The van der Waals surface area contributed by atoms with Crippen LogP contribution in [-0.2, 0) is 14.3 Å². The topological polar surface area (TPSA) is 79.9 Å². The number of ether oxygens (including phenoxy) is 2. The molecule has 7 heteroatoms. The van der Waals surface area contributed by atoms with Crippen LogP contribution in [0.4, 0.5) is 17.1 Å². The Morgan fingerprint density at radius 3 is 2.52 bits per heavy atom. The standard InChI is InChI=1S/C22H27N3O4/c1-2-29-22(27)17-7-9-18(10-8-17)24-21(26)11-12-23-19-5-3-4-6-20(19)25-13-15-28-16-14-25/h3-10,23H,2,11-16H2,1H3,(H,24,26). The third-order valence-electron chi connectivity index (χ3n) is 4.60. The molecule has 0 radical (unpaired) electrons. The van der Waals surface area contributed by atoms with Crippen LogP contribution in [0.3, 0.4) is 0 Å². The first-order valence-corrected chi connectivity index (χ1v) is 9.90. The van der Waals surface area contributed by atoms with E-state index in [4.69, 9.17) is 9.47 Å². The molecule has 1 saturated heterocycles. The van der Waals surface area contributed by atoms with Crippen molar-refractivity contribution in [2.45, 2.75) is 13.3 Å². The highest BCUT2D eigenvalue weighted by Crippen LogP contribution is 2.26. The molecule has 0 spiro atoms. The molecule has 1 fully saturated rings. The molecule has 0 bridgehead atoms. The zero-order valence-electron chi connectivity index (χ0n) is 16.6. The van der Waals surface area contributed by atoms with Crippen LogP contribution in [0.15, 0.2) is 48.5 Å². The fraction of sp³-hybridized carbons (Fsp3) is 0.364. The van der Waals surface area contributed by atoms with E-state index in [1.54, 1.807) is 31.2 Å². The van der Waals surface area contributed by atoms with Crippen LogP contribution in [0.2, 0.25) is 0 Å². The van der Waals surface area contributed by atoms with Crippen molar-refractivity contribution >= 4 is 28.9 Å². The van der Waals surface area contributed by atoms with Gasteiger partial charge in [0.15, 0.2) is 0 Å². The van der Waals surface area contributed by atoms with E-state index < -0.39 is 0 Å². The predicted octanol–water partition coefficient (Wildman–Crippen LogP) is 3.14. The number of esters is 1. The highest BCUT2D eigenvalue weighted by molar-refractivity contribution is 5.93. The van der Waals surface area contributed by atoms with Gasteiger partial charge in [0, 0.05) is 31.7 Å². The van der Waals surface area contributed by atoms with E-state index in [0.717, 1.165) is 37.7 Å². The number of nitrogens with zero attached hydrogens (tertiary/aromatic N) is 1. The second kappa shape index (κ2) is 10.5. The molecule has 2 aromatic carbocycles. The van der Waals surface area contributed by atoms with Gasteiger partial charge in [0.2, 0.25) is 5.91 Å². The van der Waals surface area contributed by atoms with E-state index in [9.17, 15) is 9.59 Å². The summed E-state index contributed by atoms with van der Waals surface area (Å²) in [5.41, 5.74) is 3.26. The van der Waals surface area contributed by atoms with Gasteiger partial charge >= 0.3 is 5.97 Å². The fourth-order valence-electron chi connectivity index (χ4n) is 3.14. The Morgan fingerprint density at radius 2 is 1.79 bits per heavy atom. The third-order valence-corrected chi connectivity index (χ3v) is 4.60. The Hall–Kier alpha value is -3.06. The largest absolute Gasteiger partial charge is 0.462 e. The Balaban J connectivity index is 1.48. The Kier molecular flexibility index (Phi) is 7.47. The van der Waals surface area contributed by atoms with E-state index in [0.29, 0.717) is 30.8 Å². The van der Waals surface area contributed by atoms with Crippen molar-refractivity contribution in [3.8, 4) is 0 Å². The zero-order chi connectivity index (χ0) is 20.5. The highest BCUT2D eigenvalue weighted by Gasteiger charge is 2.14. The summed E-state index contributed by atoms with van der Waals surface area (Å²) in [6, 6.07) is 14.8. The molecule has 0 aromatic heterocycles. The van der Waals surface area contributed by atoms with Crippen LogP contribution >= 0.6 is 0 Å². The Morgan fingerprint density at radius 1 is 1.07 bits per heavy atom. The Bertz CT molecular complexity index is 817. The normalized spacial score (nSPS) is 13.6. The van der Waals surface area contributed by atoms with Crippen molar-refractivity contribution in [1.29, 1.82) is 0 Å². The summed E-state index contributed by atoms with van der Waals surface area (Å²) in [5, 5.41) is 6.21. The van der Waals surface area contributed by atoms with Gasteiger partial charge < -0.3 is 25.0 Å². The number of hydrogen-bond donors (Lipinski definition) is 2. The van der Waals surface area contributed by atoms with Crippen LogP contribution in [0, 0.1) is 0 Å². The number of rotatable bonds is 8. The van der Waals surface area contributed by atoms with Crippen molar-refractivity contribution in [3.63, 3.8) is 0 Å². The summed E-state index contributed by atoms with van der Waals surface area (Å²) in [6.07, 6.45) is 0.330. The summed E-state index contributed by atoms with van der Waals surface area (Å²) in [4.78, 5) is 26.2. The molecule has 2 aromatic rings. The van der Waals surface area contributed by atoms with Crippen LogP contribution in [0.5, 0.6) is 0 Å². The summed E-state index contributed by atoms with van der Waals surface area (Å²) >= 11 is 0. The number of amides is 1. The van der Waals surface area contributed by atoms with Gasteiger partial charge in [-0.1, -0.05) is 12.1 Å². The summed E-state index contributed by atoms with van der Waals surface area (Å²) in [7, 11) is 0. The van der Waals surface area contributed by atoms with E-state index in [2.05, 4.69) is 21.6 Å². The predicted molar refractivity (Wildman–Crippen MR) is 114 cm³/mol. The molecule has 0 aliphatic carbocycles. The first-order valence-electron chi connectivity index (χ1n) is 9.90. The summed E-state index contributed by atoms with van der Waals surface area (Å²) in [5.74, 6) is -0.459. The average Bonchev–Trinajstić information content (AvgIpc) is 2.75. The van der Waals surface area contributed by atoms with Gasteiger partial charge in [-0.15, -0.1) is 0 Å².